The minimum atomic E-state index is -0.485. The van der Waals surface area contributed by atoms with E-state index in [2.05, 4.69) is 10.1 Å². The summed E-state index contributed by atoms with van der Waals surface area (Å²) in [4.78, 5) is 15.6. The van der Waals surface area contributed by atoms with E-state index in [1.807, 2.05) is 36.5 Å². The fourth-order valence-electron chi connectivity index (χ4n) is 2.13. The van der Waals surface area contributed by atoms with Crippen molar-refractivity contribution < 1.29 is 4.79 Å². The van der Waals surface area contributed by atoms with Crippen LogP contribution in [0.1, 0.15) is 34.8 Å². The Morgan fingerprint density at radius 2 is 1.90 bits per heavy atom. The van der Waals surface area contributed by atoms with E-state index in [1.165, 1.54) is 0 Å². The molecule has 0 bridgehead atoms. The average Bonchev–Trinajstić information content (AvgIpc) is 3.17. The van der Waals surface area contributed by atoms with E-state index in [9.17, 15) is 4.79 Å². The fourth-order valence-corrected chi connectivity index (χ4v) is 2.13. The van der Waals surface area contributed by atoms with Crippen LogP contribution in [0.25, 0.3) is 5.69 Å². The largest absolute Gasteiger partial charge is 0.370 e. The molecule has 2 aromatic rings. The summed E-state index contributed by atoms with van der Waals surface area (Å²) in [5.74, 6) is -0.340. The number of benzene rings is 1. The Kier molecular flexibility index (Phi) is 4.28. The van der Waals surface area contributed by atoms with Crippen molar-refractivity contribution in [1.82, 2.24) is 9.78 Å². The molecule has 0 radical (unpaired) electrons. The van der Waals surface area contributed by atoms with E-state index in [1.54, 1.807) is 4.68 Å². The third kappa shape index (κ3) is 3.22. The number of nitrogens with two attached hydrogens (primary N) is 2. The van der Waals surface area contributed by atoms with Crippen LogP contribution in [0.2, 0.25) is 0 Å². The third-order valence-corrected chi connectivity index (χ3v) is 3.21. The molecule has 7 heteroatoms. The molecule has 4 N–H and O–H groups in total. The molecule has 0 spiro atoms. The minimum absolute atomic E-state index is 0. The number of guanidine groups is 1. The van der Waals surface area contributed by atoms with Crippen LogP contribution in [0, 0.1) is 0 Å². The molecule has 0 saturated heterocycles. The first-order chi connectivity index (χ1) is 9.65. The second kappa shape index (κ2) is 5.97. The number of amides is 1. The van der Waals surface area contributed by atoms with E-state index in [4.69, 9.17) is 11.5 Å². The Balaban J connectivity index is 0.00000161. The molecule has 1 aromatic heterocycles. The standard InChI is InChI=1S/C14H15N5O.ClH/c15-14(16)17-13(20)12-11(9-6-7-9)8-19(18-12)10-4-2-1-3-5-10;/h1-5,8-9H,6-7H2,(H4,15,16,17,20);1H. The maximum atomic E-state index is 12.0. The lowest BCUT2D eigenvalue weighted by atomic mass is 10.1. The number of para-hydroxylation sites is 1. The predicted molar refractivity (Wildman–Crippen MR) is 82.9 cm³/mol. The normalized spacial score (nSPS) is 13.3. The molecule has 6 nitrogen and oxygen atoms in total. The smallest absolute Gasteiger partial charge is 0.300 e. The van der Waals surface area contributed by atoms with Gasteiger partial charge in [0.25, 0.3) is 0 Å². The van der Waals surface area contributed by atoms with Gasteiger partial charge >= 0.3 is 5.91 Å². The highest BCUT2D eigenvalue weighted by Crippen LogP contribution is 2.41. The number of rotatable bonds is 3. The monoisotopic (exact) mass is 305 g/mol. The number of aliphatic imine (C=N–C) groups is 1. The summed E-state index contributed by atoms with van der Waals surface area (Å²) in [7, 11) is 0. The lowest BCUT2D eigenvalue weighted by molar-refractivity contribution is 0.0996. The van der Waals surface area contributed by atoms with Crippen LogP contribution in [-0.4, -0.2) is 21.6 Å². The van der Waals surface area contributed by atoms with Crippen molar-refractivity contribution in [2.45, 2.75) is 18.8 Å². The maximum Gasteiger partial charge on any atom is 0.300 e. The summed E-state index contributed by atoms with van der Waals surface area (Å²) in [6.45, 7) is 0. The minimum Gasteiger partial charge on any atom is -0.370 e. The Morgan fingerprint density at radius 1 is 1.24 bits per heavy atom. The lowest BCUT2D eigenvalue weighted by Crippen LogP contribution is -2.24. The van der Waals surface area contributed by atoms with Crippen molar-refractivity contribution in [3.8, 4) is 5.69 Å². The Labute approximate surface area is 128 Å². The molecular formula is C14H16ClN5O. The van der Waals surface area contributed by atoms with Gasteiger partial charge in [0, 0.05) is 11.8 Å². The highest BCUT2D eigenvalue weighted by atomic mass is 35.5. The molecule has 21 heavy (non-hydrogen) atoms. The van der Waals surface area contributed by atoms with Gasteiger partial charge in [0.2, 0.25) is 0 Å². The summed E-state index contributed by atoms with van der Waals surface area (Å²) in [5.41, 5.74) is 12.7. The molecule has 1 aliphatic rings. The SMILES string of the molecule is Cl.NC(N)=NC(=O)c1nn(-c2ccccc2)cc1C1CC1. The van der Waals surface area contributed by atoms with Crippen molar-refractivity contribution >= 4 is 24.3 Å². The van der Waals surface area contributed by atoms with Crippen molar-refractivity contribution in [2.75, 3.05) is 0 Å². The molecule has 0 aliphatic heterocycles. The van der Waals surface area contributed by atoms with Crippen LogP contribution in [-0.2, 0) is 0 Å². The van der Waals surface area contributed by atoms with Crippen molar-refractivity contribution in [3.63, 3.8) is 0 Å². The van der Waals surface area contributed by atoms with Gasteiger partial charge < -0.3 is 11.5 Å². The van der Waals surface area contributed by atoms with Crippen LogP contribution >= 0.6 is 12.4 Å². The molecule has 1 amide bonds. The lowest BCUT2D eigenvalue weighted by Gasteiger charge is -1.98. The van der Waals surface area contributed by atoms with Gasteiger partial charge in [-0.1, -0.05) is 18.2 Å². The fraction of sp³-hybridized carbons (Fsp3) is 0.214. The molecule has 0 atom stereocenters. The number of carbonyl (C=O) groups excluding carboxylic acids is 1. The molecule has 110 valence electrons. The quantitative estimate of drug-likeness (QED) is 0.664. The van der Waals surface area contributed by atoms with Crippen molar-refractivity contribution in [1.29, 1.82) is 0 Å². The number of hydrogen-bond donors (Lipinski definition) is 2. The molecule has 3 rings (SSSR count). The van der Waals surface area contributed by atoms with Crippen LogP contribution < -0.4 is 11.5 Å². The molecular weight excluding hydrogens is 290 g/mol. The zero-order valence-corrected chi connectivity index (χ0v) is 12.1. The second-order valence-electron chi connectivity index (χ2n) is 4.83. The zero-order chi connectivity index (χ0) is 14.1. The predicted octanol–water partition coefficient (Wildman–Crippen LogP) is 1.59. The maximum absolute atomic E-state index is 12.0. The summed E-state index contributed by atoms with van der Waals surface area (Å²) in [5, 5.41) is 4.34. The Hall–Kier alpha value is -2.34. The van der Waals surface area contributed by atoms with Gasteiger partial charge in [0.1, 0.15) is 0 Å². The van der Waals surface area contributed by atoms with Crippen LogP contribution in [0.15, 0.2) is 41.5 Å². The summed E-state index contributed by atoms with van der Waals surface area (Å²) >= 11 is 0. The molecule has 1 heterocycles. The van der Waals surface area contributed by atoms with Crippen molar-refractivity contribution in [2.24, 2.45) is 16.5 Å². The van der Waals surface area contributed by atoms with Crippen molar-refractivity contribution in [3.05, 3.63) is 47.8 Å². The Morgan fingerprint density at radius 3 is 2.48 bits per heavy atom. The first-order valence-corrected chi connectivity index (χ1v) is 6.44. The summed E-state index contributed by atoms with van der Waals surface area (Å²) in [6.07, 6.45) is 4.04. The summed E-state index contributed by atoms with van der Waals surface area (Å²) < 4.78 is 1.70. The highest BCUT2D eigenvalue weighted by Gasteiger charge is 2.31. The molecule has 1 saturated carbocycles. The second-order valence-corrected chi connectivity index (χ2v) is 4.83. The topological polar surface area (TPSA) is 99.3 Å². The van der Waals surface area contributed by atoms with E-state index in [0.29, 0.717) is 11.6 Å². The number of aromatic nitrogens is 2. The highest BCUT2D eigenvalue weighted by molar-refractivity contribution is 6.01. The van der Waals surface area contributed by atoms with Gasteiger partial charge in [-0.15, -0.1) is 12.4 Å². The number of nitrogens with zero attached hydrogens (tertiary/aromatic N) is 3. The average molecular weight is 306 g/mol. The first-order valence-electron chi connectivity index (χ1n) is 6.44. The van der Waals surface area contributed by atoms with Gasteiger partial charge in [0.15, 0.2) is 11.7 Å². The molecule has 0 unspecified atom stereocenters. The van der Waals surface area contributed by atoms with E-state index < -0.39 is 5.91 Å². The number of halogens is 1. The first kappa shape index (κ1) is 15.1. The number of hydrogen-bond acceptors (Lipinski definition) is 2. The van der Waals surface area contributed by atoms with Gasteiger partial charge in [-0.3, -0.25) is 4.79 Å². The Bertz CT molecular complexity index is 672. The zero-order valence-electron chi connectivity index (χ0n) is 11.3. The van der Waals surface area contributed by atoms with E-state index in [0.717, 1.165) is 24.1 Å². The van der Waals surface area contributed by atoms with Crippen LogP contribution in [0.5, 0.6) is 0 Å². The molecule has 1 aromatic carbocycles. The van der Waals surface area contributed by atoms with Gasteiger partial charge in [-0.05, 0) is 30.9 Å². The van der Waals surface area contributed by atoms with Gasteiger partial charge in [0.05, 0.1) is 5.69 Å². The summed E-state index contributed by atoms with van der Waals surface area (Å²) in [6, 6.07) is 9.63. The molecule has 1 fully saturated rings. The van der Waals surface area contributed by atoms with Gasteiger partial charge in [-0.2, -0.15) is 10.1 Å². The van der Waals surface area contributed by atoms with E-state index in [-0.39, 0.29) is 18.4 Å². The van der Waals surface area contributed by atoms with E-state index >= 15 is 0 Å². The van der Waals surface area contributed by atoms with Crippen LogP contribution in [0.3, 0.4) is 0 Å². The number of carbonyl (C=O) groups is 1. The van der Waals surface area contributed by atoms with Crippen LogP contribution in [0.4, 0.5) is 0 Å². The molecule has 1 aliphatic carbocycles. The van der Waals surface area contributed by atoms with Gasteiger partial charge in [-0.25, -0.2) is 4.68 Å². The third-order valence-electron chi connectivity index (χ3n) is 3.21.